The minimum atomic E-state index is -0.825. The van der Waals surface area contributed by atoms with Crippen molar-refractivity contribution in [3.8, 4) is 5.75 Å². The highest BCUT2D eigenvalue weighted by Crippen LogP contribution is 2.16. The maximum absolute atomic E-state index is 13.0. The molecule has 1 atom stereocenters. The number of carbonyl (C=O) groups is 2. The number of methoxy groups -OCH3 is 1. The van der Waals surface area contributed by atoms with E-state index in [1.807, 2.05) is 54.6 Å². The first-order chi connectivity index (χ1) is 15.0. The largest absolute Gasteiger partial charge is 0.489 e. The molecule has 0 saturated heterocycles. The summed E-state index contributed by atoms with van der Waals surface area (Å²) >= 11 is 0. The van der Waals surface area contributed by atoms with Crippen LogP contribution in [0.5, 0.6) is 5.75 Å². The number of hydrogen-bond donors (Lipinski definition) is 1. The summed E-state index contributed by atoms with van der Waals surface area (Å²) in [7, 11) is 1.28. The molecule has 0 radical (unpaired) electrons. The highest BCUT2D eigenvalue weighted by Gasteiger charge is 2.22. The fourth-order valence-electron chi connectivity index (χ4n) is 3.07. The van der Waals surface area contributed by atoms with Gasteiger partial charge in [-0.1, -0.05) is 54.6 Å². The second-order valence-electron chi connectivity index (χ2n) is 7.07. The van der Waals surface area contributed by atoms with Crippen LogP contribution in [0.15, 0.2) is 78.9 Å². The maximum atomic E-state index is 13.0. The molecule has 0 aliphatic rings. The first-order valence-corrected chi connectivity index (χ1v) is 9.91. The third kappa shape index (κ3) is 6.96. The van der Waals surface area contributed by atoms with Crippen LogP contribution in [-0.4, -0.2) is 25.0 Å². The van der Waals surface area contributed by atoms with Crippen LogP contribution >= 0.6 is 0 Å². The number of rotatable bonds is 9. The molecule has 0 spiro atoms. The number of halogens is 1. The van der Waals surface area contributed by atoms with Gasteiger partial charge in [-0.25, -0.2) is 9.18 Å². The predicted octanol–water partition coefficient (Wildman–Crippen LogP) is 3.85. The number of carbonyl (C=O) groups excluding carboxylic acids is 2. The van der Waals surface area contributed by atoms with Gasteiger partial charge in [-0.05, 0) is 41.0 Å². The number of hydrogen-bond acceptors (Lipinski definition) is 4. The summed E-state index contributed by atoms with van der Waals surface area (Å²) in [4.78, 5) is 24.5. The van der Waals surface area contributed by atoms with Crippen LogP contribution in [0, 0.1) is 5.82 Å². The summed E-state index contributed by atoms with van der Waals surface area (Å²) in [6.07, 6.45) is 0.320. The fraction of sp³-hybridized carbons (Fsp3) is 0.200. The van der Waals surface area contributed by atoms with E-state index in [4.69, 9.17) is 9.47 Å². The zero-order valence-electron chi connectivity index (χ0n) is 17.2. The molecule has 0 saturated carbocycles. The predicted molar refractivity (Wildman–Crippen MR) is 115 cm³/mol. The molecular formula is C25H24FNO4. The fourth-order valence-corrected chi connectivity index (χ4v) is 3.07. The van der Waals surface area contributed by atoms with E-state index in [2.05, 4.69) is 5.32 Å². The van der Waals surface area contributed by atoms with Gasteiger partial charge in [0, 0.05) is 6.42 Å². The third-order valence-electron chi connectivity index (χ3n) is 4.71. The van der Waals surface area contributed by atoms with Gasteiger partial charge >= 0.3 is 5.97 Å². The molecule has 0 unspecified atom stereocenters. The van der Waals surface area contributed by atoms with Crippen molar-refractivity contribution in [2.45, 2.75) is 25.5 Å². The van der Waals surface area contributed by atoms with Gasteiger partial charge in [0.1, 0.15) is 24.2 Å². The summed E-state index contributed by atoms with van der Waals surface area (Å²) < 4.78 is 23.6. The van der Waals surface area contributed by atoms with Crippen molar-refractivity contribution in [2.24, 2.45) is 0 Å². The van der Waals surface area contributed by atoms with Gasteiger partial charge < -0.3 is 14.8 Å². The standard InChI is InChI=1S/C25H24FNO4/c1-30-25(29)23(27-24(28)16-19-7-11-21(26)12-8-19)15-18-9-13-22(14-10-18)31-17-20-5-3-2-4-6-20/h2-14,23H,15-17H2,1H3,(H,27,28)/t23-/m0/s1. The Kier molecular flexibility index (Phi) is 7.76. The van der Waals surface area contributed by atoms with Crippen LogP contribution in [0.4, 0.5) is 4.39 Å². The molecule has 5 nitrogen and oxygen atoms in total. The van der Waals surface area contributed by atoms with E-state index in [1.54, 1.807) is 0 Å². The number of esters is 1. The van der Waals surface area contributed by atoms with E-state index in [0.717, 1.165) is 11.1 Å². The van der Waals surface area contributed by atoms with E-state index < -0.39 is 12.0 Å². The Balaban J connectivity index is 1.57. The van der Waals surface area contributed by atoms with Gasteiger partial charge in [0.25, 0.3) is 0 Å². The summed E-state index contributed by atoms with van der Waals surface area (Å²) in [6.45, 7) is 0.463. The Labute approximate surface area is 180 Å². The Bertz CT molecular complexity index is 988. The van der Waals surface area contributed by atoms with Crippen molar-refractivity contribution in [1.29, 1.82) is 0 Å². The molecule has 3 rings (SSSR count). The second kappa shape index (κ2) is 10.9. The van der Waals surface area contributed by atoms with Crippen molar-refractivity contribution in [3.63, 3.8) is 0 Å². The first-order valence-electron chi connectivity index (χ1n) is 9.91. The smallest absolute Gasteiger partial charge is 0.328 e. The molecule has 1 amide bonds. The van der Waals surface area contributed by atoms with Crippen LogP contribution in [0.25, 0.3) is 0 Å². The van der Waals surface area contributed by atoms with Gasteiger partial charge in [-0.2, -0.15) is 0 Å². The van der Waals surface area contributed by atoms with Gasteiger partial charge in [0.15, 0.2) is 0 Å². The highest BCUT2D eigenvalue weighted by atomic mass is 19.1. The van der Waals surface area contributed by atoms with Crippen LogP contribution in [0.2, 0.25) is 0 Å². The molecule has 0 bridgehead atoms. The molecule has 0 heterocycles. The average Bonchev–Trinajstić information content (AvgIpc) is 2.80. The Morgan fingerprint density at radius 2 is 1.52 bits per heavy atom. The minimum absolute atomic E-state index is 0.0417. The lowest BCUT2D eigenvalue weighted by molar-refractivity contribution is -0.145. The monoisotopic (exact) mass is 421 g/mol. The number of nitrogens with one attached hydrogen (secondary N) is 1. The number of amides is 1. The van der Waals surface area contributed by atoms with Crippen molar-refractivity contribution >= 4 is 11.9 Å². The molecule has 31 heavy (non-hydrogen) atoms. The minimum Gasteiger partial charge on any atom is -0.489 e. The van der Waals surface area contributed by atoms with Crippen molar-refractivity contribution in [2.75, 3.05) is 7.11 Å². The lowest BCUT2D eigenvalue weighted by Crippen LogP contribution is -2.43. The third-order valence-corrected chi connectivity index (χ3v) is 4.71. The molecule has 3 aromatic carbocycles. The summed E-state index contributed by atoms with van der Waals surface area (Å²) in [5.41, 5.74) is 2.58. The number of ether oxygens (including phenoxy) is 2. The van der Waals surface area contributed by atoms with E-state index in [-0.39, 0.29) is 24.6 Å². The van der Waals surface area contributed by atoms with Gasteiger partial charge in [-0.15, -0.1) is 0 Å². The van der Waals surface area contributed by atoms with Gasteiger partial charge in [-0.3, -0.25) is 4.79 Å². The molecule has 160 valence electrons. The van der Waals surface area contributed by atoms with Crippen LogP contribution in [0.1, 0.15) is 16.7 Å². The van der Waals surface area contributed by atoms with E-state index in [1.165, 1.54) is 31.4 Å². The normalized spacial score (nSPS) is 11.4. The Morgan fingerprint density at radius 3 is 2.16 bits per heavy atom. The SMILES string of the molecule is COC(=O)[C@H](Cc1ccc(OCc2ccccc2)cc1)NC(=O)Cc1ccc(F)cc1. The number of benzene rings is 3. The van der Waals surface area contributed by atoms with E-state index >= 15 is 0 Å². The molecule has 0 aliphatic heterocycles. The zero-order chi connectivity index (χ0) is 22.1. The van der Waals surface area contributed by atoms with Gasteiger partial charge in [0.05, 0.1) is 13.5 Å². The lowest BCUT2D eigenvalue weighted by atomic mass is 10.0. The quantitative estimate of drug-likeness (QED) is 0.533. The molecule has 3 aromatic rings. The highest BCUT2D eigenvalue weighted by molar-refractivity contribution is 5.85. The molecule has 0 aliphatic carbocycles. The molecule has 0 fully saturated rings. The average molecular weight is 421 g/mol. The van der Waals surface area contributed by atoms with Crippen LogP contribution < -0.4 is 10.1 Å². The van der Waals surface area contributed by atoms with E-state index in [9.17, 15) is 14.0 Å². The maximum Gasteiger partial charge on any atom is 0.328 e. The van der Waals surface area contributed by atoms with Crippen LogP contribution in [0.3, 0.4) is 0 Å². The second-order valence-corrected chi connectivity index (χ2v) is 7.07. The van der Waals surface area contributed by atoms with E-state index in [0.29, 0.717) is 17.9 Å². The summed E-state index contributed by atoms with van der Waals surface area (Å²) in [6, 6.07) is 22.0. The Hall–Kier alpha value is -3.67. The molecule has 1 N–H and O–H groups in total. The topological polar surface area (TPSA) is 64.6 Å². The Morgan fingerprint density at radius 1 is 0.871 bits per heavy atom. The van der Waals surface area contributed by atoms with Crippen molar-refractivity contribution < 1.29 is 23.5 Å². The molecular weight excluding hydrogens is 397 g/mol. The van der Waals surface area contributed by atoms with Crippen LogP contribution in [-0.2, 0) is 33.8 Å². The summed E-state index contributed by atoms with van der Waals surface area (Å²) in [5.74, 6) is -0.531. The molecule has 0 aromatic heterocycles. The van der Waals surface area contributed by atoms with Gasteiger partial charge in [0.2, 0.25) is 5.91 Å². The molecule has 6 heteroatoms. The zero-order valence-corrected chi connectivity index (χ0v) is 17.2. The summed E-state index contributed by atoms with van der Waals surface area (Å²) in [5, 5.41) is 2.70. The first kappa shape index (κ1) is 22.0. The van der Waals surface area contributed by atoms with Crippen molar-refractivity contribution in [1.82, 2.24) is 5.32 Å². The van der Waals surface area contributed by atoms with Crippen molar-refractivity contribution in [3.05, 3.63) is 101 Å². The lowest BCUT2D eigenvalue weighted by Gasteiger charge is -2.17.